The van der Waals surface area contributed by atoms with Crippen LogP contribution in [0.25, 0.3) is 10.2 Å². The average molecular weight is 410 g/mol. The van der Waals surface area contributed by atoms with Crippen molar-refractivity contribution in [1.29, 1.82) is 0 Å². The minimum absolute atomic E-state index is 0.121. The van der Waals surface area contributed by atoms with E-state index in [1.807, 2.05) is 13.8 Å². The van der Waals surface area contributed by atoms with Crippen LogP contribution in [0.1, 0.15) is 45.6 Å². The lowest BCUT2D eigenvalue weighted by Gasteiger charge is -2.17. The number of unbranched alkanes of at least 4 members (excludes halogenated alkanes) is 2. The number of carbonyl (C=O) groups is 2. The van der Waals surface area contributed by atoms with Crippen molar-refractivity contribution in [1.82, 2.24) is 4.57 Å². The Kier molecular flexibility index (Phi) is 7.68. The molecule has 0 amide bonds. The Morgan fingerprint density at radius 1 is 1.14 bits per heavy atom. The van der Waals surface area contributed by atoms with Crippen LogP contribution in [0.5, 0.6) is 0 Å². The van der Waals surface area contributed by atoms with Gasteiger partial charge in [-0.15, -0.1) is 0 Å². The third-order valence-electron chi connectivity index (χ3n) is 4.00. The second-order valence-electron chi connectivity index (χ2n) is 6.09. The molecule has 0 saturated heterocycles. The fraction of sp³-hybridized carbons (Fsp3) is 0.500. The lowest BCUT2D eigenvalue weighted by Crippen LogP contribution is -2.35. The number of nitro benzene ring substituents is 1. The number of hydrogen-bond acceptors (Lipinski definition) is 8. The molecule has 0 aliphatic rings. The van der Waals surface area contributed by atoms with Gasteiger partial charge in [-0.05, 0) is 18.9 Å². The molecule has 0 N–H and O–H groups in total. The van der Waals surface area contributed by atoms with Gasteiger partial charge in [-0.2, -0.15) is 0 Å². The highest BCUT2D eigenvalue weighted by Gasteiger charge is 2.35. The first-order valence-corrected chi connectivity index (χ1v) is 9.85. The molecule has 0 aliphatic heterocycles. The van der Waals surface area contributed by atoms with E-state index >= 15 is 0 Å². The summed E-state index contributed by atoms with van der Waals surface area (Å²) in [5.74, 6) is -1.76. The Morgan fingerprint density at radius 2 is 1.71 bits per heavy atom. The molecule has 2 rings (SSSR count). The summed E-state index contributed by atoms with van der Waals surface area (Å²) < 4.78 is 11.6. The molecule has 1 aromatic carbocycles. The van der Waals surface area contributed by atoms with Crippen LogP contribution in [0.3, 0.4) is 0 Å². The second kappa shape index (κ2) is 9.98. The number of thiazole rings is 1. The van der Waals surface area contributed by atoms with Gasteiger partial charge < -0.3 is 9.47 Å². The van der Waals surface area contributed by atoms with Crippen molar-refractivity contribution >= 4 is 39.2 Å². The summed E-state index contributed by atoms with van der Waals surface area (Å²) in [4.78, 5) is 47.5. The van der Waals surface area contributed by atoms with Crippen LogP contribution in [0.2, 0.25) is 0 Å². The number of nitro groups is 1. The monoisotopic (exact) mass is 410 g/mol. The molecular formula is C18H22N2O7S. The predicted molar refractivity (Wildman–Crippen MR) is 104 cm³/mol. The van der Waals surface area contributed by atoms with Crippen molar-refractivity contribution in [2.75, 3.05) is 13.2 Å². The van der Waals surface area contributed by atoms with E-state index in [0.717, 1.165) is 28.7 Å². The van der Waals surface area contributed by atoms with E-state index in [9.17, 15) is 24.5 Å². The maximum atomic E-state index is 12.6. The maximum absolute atomic E-state index is 12.6. The minimum atomic E-state index is -1.59. The molecule has 0 aliphatic carbocycles. The molecular weight excluding hydrogens is 388 g/mol. The quantitative estimate of drug-likeness (QED) is 0.194. The number of benzene rings is 1. The van der Waals surface area contributed by atoms with E-state index in [1.54, 1.807) is 0 Å². The van der Waals surface area contributed by atoms with Crippen LogP contribution in [-0.2, 0) is 19.1 Å². The van der Waals surface area contributed by atoms with E-state index in [0.29, 0.717) is 17.5 Å². The zero-order valence-corrected chi connectivity index (χ0v) is 16.5. The summed E-state index contributed by atoms with van der Waals surface area (Å²) in [5.41, 5.74) is 0.0546. The van der Waals surface area contributed by atoms with Gasteiger partial charge in [0.25, 0.3) is 5.69 Å². The van der Waals surface area contributed by atoms with Gasteiger partial charge in [0.1, 0.15) is 0 Å². The molecule has 0 fully saturated rings. The van der Waals surface area contributed by atoms with Gasteiger partial charge >= 0.3 is 16.8 Å². The highest BCUT2D eigenvalue weighted by atomic mass is 32.1. The zero-order chi connectivity index (χ0) is 20.7. The predicted octanol–water partition coefficient (Wildman–Crippen LogP) is 3.20. The van der Waals surface area contributed by atoms with Crippen LogP contribution in [0, 0.1) is 10.1 Å². The summed E-state index contributed by atoms with van der Waals surface area (Å²) in [6, 6.07) is 2.21. The Hall–Kier alpha value is -2.75. The Balaban J connectivity index is 2.45. The van der Waals surface area contributed by atoms with Crippen molar-refractivity contribution in [2.24, 2.45) is 0 Å². The van der Waals surface area contributed by atoms with Gasteiger partial charge in [0, 0.05) is 12.1 Å². The molecule has 0 atom stereocenters. The minimum Gasteiger partial charge on any atom is -0.464 e. The number of esters is 2. The standard InChI is InChI=1S/C18H22N2O7S/c1-3-5-9-26-16(21)15(17(22)27-10-6-4-2)19-13-8-7-12(20(24)25)11-14(13)28-18(19)23/h7-8,11,15H,3-6,9-10H2,1-2H3. The SMILES string of the molecule is CCCCOC(=O)C(C(=O)OCCCC)n1c(=O)sc2cc([N+](=O)[O-])ccc21. The van der Waals surface area contributed by atoms with Crippen molar-refractivity contribution < 1.29 is 24.0 Å². The molecule has 0 spiro atoms. The van der Waals surface area contributed by atoms with Crippen LogP contribution < -0.4 is 4.87 Å². The van der Waals surface area contributed by atoms with E-state index in [-0.39, 0.29) is 24.4 Å². The van der Waals surface area contributed by atoms with Crippen LogP contribution >= 0.6 is 11.3 Å². The molecule has 0 unspecified atom stereocenters. The number of hydrogen-bond donors (Lipinski definition) is 0. The van der Waals surface area contributed by atoms with Crippen molar-refractivity contribution in [3.05, 3.63) is 38.0 Å². The summed E-state index contributed by atoms with van der Waals surface area (Å²) in [6.45, 7) is 4.09. The number of aromatic nitrogens is 1. The molecule has 10 heteroatoms. The van der Waals surface area contributed by atoms with Crippen molar-refractivity contribution in [3.63, 3.8) is 0 Å². The summed E-state index contributed by atoms with van der Waals surface area (Å²) in [6.07, 6.45) is 2.83. The lowest BCUT2D eigenvalue weighted by molar-refractivity contribution is -0.384. The van der Waals surface area contributed by atoms with Gasteiger partial charge in [0.05, 0.1) is 28.4 Å². The molecule has 28 heavy (non-hydrogen) atoms. The maximum Gasteiger partial charge on any atom is 0.341 e. The average Bonchev–Trinajstić information content (AvgIpc) is 2.97. The number of fused-ring (bicyclic) bond motifs is 1. The van der Waals surface area contributed by atoms with Crippen molar-refractivity contribution in [2.45, 2.75) is 45.6 Å². The fourth-order valence-electron chi connectivity index (χ4n) is 2.48. The molecule has 1 heterocycles. The topological polar surface area (TPSA) is 118 Å². The molecule has 1 aromatic heterocycles. The Morgan fingerprint density at radius 3 is 2.21 bits per heavy atom. The molecule has 152 valence electrons. The normalized spacial score (nSPS) is 11.0. The third kappa shape index (κ3) is 4.94. The molecule has 0 bridgehead atoms. The first-order valence-electron chi connectivity index (χ1n) is 9.03. The zero-order valence-electron chi connectivity index (χ0n) is 15.7. The lowest BCUT2D eigenvalue weighted by atomic mass is 10.2. The third-order valence-corrected chi connectivity index (χ3v) is 4.92. The van der Waals surface area contributed by atoms with E-state index in [4.69, 9.17) is 9.47 Å². The number of rotatable bonds is 10. The highest BCUT2D eigenvalue weighted by Crippen LogP contribution is 2.26. The smallest absolute Gasteiger partial charge is 0.341 e. The second-order valence-corrected chi connectivity index (χ2v) is 7.08. The Labute approximate surface area is 165 Å². The van der Waals surface area contributed by atoms with Gasteiger partial charge in [0.15, 0.2) is 0 Å². The van der Waals surface area contributed by atoms with Crippen LogP contribution in [0.15, 0.2) is 23.0 Å². The van der Waals surface area contributed by atoms with E-state index in [2.05, 4.69) is 0 Å². The highest BCUT2D eigenvalue weighted by molar-refractivity contribution is 7.16. The van der Waals surface area contributed by atoms with Crippen LogP contribution in [-0.4, -0.2) is 34.6 Å². The number of carbonyl (C=O) groups excluding carboxylic acids is 2. The molecule has 0 saturated carbocycles. The fourth-order valence-corrected chi connectivity index (χ4v) is 3.42. The molecule has 2 aromatic rings. The summed E-state index contributed by atoms with van der Waals surface area (Å²) >= 11 is 0.718. The van der Waals surface area contributed by atoms with Crippen molar-refractivity contribution in [3.8, 4) is 0 Å². The van der Waals surface area contributed by atoms with E-state index in [1.165, 1.54) is 18.2 Å². The first-order chi connectivity index (χ1) is 13.4. The molecule has 0 radical (unpaired) electrons. The van der Waals surface area contributed by atoms with E-state index < -0.39 is 27.8 Å². The van der Waals surface area contributed by atoms with Crippen LogP contribution in [0.4, 0.5) is 5.69 Å². The van der Waals surface area contributed by atoms with Gasteiger partial charge in [-0.1, -0.05) is 38.0 Å². The van der Waals surface area contributed by atoms with Gasteiger partial charge in [-0.3, -0.25) is 19.5 Å². The van der Waals surface area contributed by atoms with Gasteiger partial charge in [0.2, 0.25) is 6.04 Å². The molecule has 9 nitrogen and oxygen atoms in total. The number of ether oxygens (including phenoxy) is 2. The van der Waals surface area contributed by atoms with Gasteiger partial charge in [-0.25, -0.2) is 9.59 Å². The first kappa shape index (κ1) is 21.5. The number of non-ortho nitro benzene ring substituents is 1. The number of nitrogens with zero attached hydrogens (tertiary/aromatic N) is 2. The Bertz CT molecular complexity index is 896. The summed E-state index contributed by atoms with van der Waals surface area (Å²) in [7, 11) is 0. The summed E-state index contributed by atoms with van der Waals surface area (Å²) in [5, 5.41) is 11.0. The largest absolute Gasteiger partial charge is 0.464 e.